The molecule has 0 atom stereocenters. The summed E-state index contributed by atoms with van der Waals surface area (Å²) in [7, 11) is 0. The minimum atomic E-state index is 0. The standard InChI is InChI=1S/C10H15.Zr/c1-3-4-5-10-7-6-9(2)8-10;/h6-8H,3-5H2,1-2H3;/q-1;. The summed E-state index contributed by atoms with van der Waals surface area (Å²) in [5.41, 5.74) is 2.89. The van der Waals surface area contributed by atoms with Gasteiger partial charge in [0.15, 0.2) is 0 Å². The van der Waals surface area contributed by atoms with Crippen molar-refractivity contribution in [3.05, 3.63) is 29.3 Å². The molecule has 0 saturated carbocycles. The summed E-state index contributed by atoms with van der Waals surface area (Å²) in [4.78, 5) is 0. The molecule has 0 aliphatic heterocycles. The molecule has 0 N–H and O–H groups in total. The van der Waals surface area contributed by atoms with Crippen LogP contribution in [-0.4, -0.2) is 0 Å². The van der Waals surface area contributed by atoms with Gasteiger partial charge < -0.3 is 0 Å². The van der Waals surface area contributed by atoms with Crippen LogP contribution in [0.1, 0.15) is 30.9 Å². The quantitative estimate of drug-likeness (QED) is 0.695. The van der Waals surface area contributed by atoms with E-state index in [2.05, 4.69) is 32.0 Å². The van der Waals surface area contributed by atoms with E-state index in [1.54, 1.807) is 0 Å². The molecule has 0 aliphatic carbocycles. The van der Waals surface area contributed by atoms with Gasteiger partial charge in [0, 0.05) is 26.2 Å². The predicted molar refractivity (Wildman–Crippen MR) is 45.4 cm³/mol. The molecular formula is C10H15Zr-. The molecule has 0 bridgehead atoms. The fourth-order valence-corrected chi connectivity index (χ4v) is 1.16. The summed E-state index contributed by atoms with van der Waals surface area (Å²) in [5.74, 6) is 0. The van der Waals surface area contributed by atoms with Gasteiger partial charge in [0.2, 0.25) is 0 Å². The molecule has 0 amide bonds. The summed E-state index contributed by atoms with van der Waals surface area (Å²) in [6.45, 7) is 4.38. The van der Waals surface area contributed by atoms with Gasteiger partial charge in [-0.05, 0) is 0 Å². The maximum atomic E-state index is 2.27. The molecule has 1 aromatic rings. The topological polar surface area (TPSA) is 0 Å². The SMILES string of the molecule is CCCCc1cc[c-](C)c1.[Zr]. The summed E-state index contributed by atoms with van der Waals surface area (Å²) in [6, 6.07) is 6.69. The first-order valence-corrected chi connectivity index (χ1v) is 4.05. The van der Waals surface area contributed by atoms with E-state index < -0.39 is 0 Å². The normalized spacial score (nSPS) is 9.27. The van der Waals surface area contributed by atoms with Crippen molar-refractivity contribution in [2.45, 2.75) is 33.1 Å². The largest absolute Gasteiger partial charge is 0.210 e. The fraction of sp³-hybridized carbons (Fsp3) is 0.500. The summed E-state index contributed by atoms with van der Waals surface area (Å²) >= 11 is 0. The zero-order chi connectivity index (χ0) is 7.40. The van der Waals surface area contributed by atoms with Crippen LogP contribution in [0.2, 0.25) is 0 Å². The molecule has 0 saturated heterocycles. The summed E-state index contributed by atoms with van der Waals surface area (Å²) in [6.07, 6.45) is 3.87. The van der Waals surface area contributed by atoms with E-state index in [4.69, 9.17) is 0 Å². The Labute approximate surface area is 88.5 Å². The van der Waals surface area contributed by atoms with E-state index in [0.717, 1.165) is 0 Å². The van der Waals surface area contributed by atoms with Crippen molar-refractivity contribution in [1.82, 2.24) is 0 Å². The van der Waals surface area contributed by atoms with E-state index in [9.17, 15) is 0 Å². The Kier molecular flexibility index (Phi) is 5.95. The molecule has 0 aliphatic rings. The average Bonchev–Trinajstić information content (AvgIpc) is 2.31. The summed E-state index contributed by atoms with van der Waals surface area (Å²) < 4.78 is 0. The van der Waals surface area contributed by atoms with Gasteiger partial charge in [-0.3, -0.25) is 0 Å². The summed E-state index contributed by atoms with van der Waals surface area (Å²) in [5, 5.41) is 0. The van der Waals surface area contributed by atoms with Crippen LogP contribution >= 0.6 is 0 Å². The van der Waals surface area contributed by atoms with Crippen LogP contribution in [0.3, 0.4) is 0 Å². The van der Waals surface area contributed by atoms with Gasteiger partial charge >= 0.3 is 0 Å². The molecule has 0 radical (unpaired) electrons. The van der Waals surface area contributed by atoms with Crippen molar-refractivity contribution in [2.75, 3.05) is 0 Å². The van der Waals surface area contributed by atoms with Crippen LogP contribution < -0.4 is 0 Å². The Hall–Kier alpha value is 0.233. The van der Waals surface area contributed by atoms with Gasteiger partial charge in [-0.1, -0.05) is 33.1 Å². The fourth-order valence-electron chi connectivity index (χ4n) is 1.16. The van der Waals surface area contributed by atoms with Crippen LogP contribution in [0.5, 0.6) is 0 Å². The Morgan fingerprint density at radius 2 is 2.18 bits per heavy atom. The van der Waals surface area contributed by atoms with E-state index in [0.29, 0.717) is 0 Å². The second kappa shape index (κ2) is 5.83. The molecule has 1 heteroatoms. The Bertz CT molecular complexity index is 189. The number of unbranched alkanes of at least 4 members (excludes halogenated alkanes) is 1. The second-order valence-corrected chi connectivity index (χ2v) is 2.90. The minimum Gasteiger partial charge on any atom is -0.210 e. The molecule has 1 rings (SSSR count). The maximum absolute atomic E-state index is 2.27. The first-order chi connectivity index (χ1) is 4.83. The molecule has 0 fully saturated rings. The molecule has 0 heterocycles. The maximum Gasteiger partial charge on any atom is 0 e. The van der Waals surface area contributed by atoms with E-state index >= 15 is 0 Å². The third kappa shape index (κ3) is 3.96. The molecule has 0 spiro atoms. The van der Waals surface area contributed by atoms with Crippen molar-refractivity contribution in [2.24, 2.45) is 0 Å². The zero-order valence-electron chi connectivity index (χ0n) is 7.35. The zero-order valence-corrected chi connectivity index (χ0v) is 9.81. The third-order valence-electron chi connectivity index (χ3n) is 1.79. The number of hydrogen-bond acceptors (Lipinski definition) is 0. The second-order valence-electron chi connectivity index (χ2n) is 2.90. The van der Waals surface area contributed by atoms with E-state index in [-0.39, 0.29) is 26.2 Å². The number of aryl methyl sites for hydroxylation is 2. The van der Waals surface area contributed by atoms with Crippen LogP contribution in [0.15, 0.2) is 18.2 Å². The van der Waals surface area contributed by atoms with Gasteiger partial charge in [0.1, 0.15) is 0 Å². The number of rotatable bonds is 3. The van der Waals surface area contributed by atoms with Gasteiger partial charge in [0.25, 0.3) is 0 Å². The molecule has 0 unspecified atom stereocenters. The van der Waals surface area contributed by atoms with Gasteiger partial charge in [-0.2, -0.15) is 23.3 Å². The predicted octanol–water partition coefficient (Wildman–Crippen LogP) is 3.05. The molecule has 0 nitrogen and oxygen atoms in total. The molecule has 1 aromatic carbocycles. The first-order valence-electron chi connectivity index (χ1n) is 4.05. The van der Waals surface area contributed by atoms with Crippen molar-refractivity contribution >= 4 is 0 Å². The van der Waals surface area contributed by atoms with Crippen molar-refractivity contribution in [1.29, 1.82) is 0 Å². The number of hydrogen-bond donors (Lipinski definition) is 0. The van der Waals surface area contributed by atoms with Gasteiger partial charge in [-0.25, -0.2) is 6.07 Å². The van der Waals surface area contributed by atoms with Gasteiger partial charge in [0.05, 0.1) is 0 Å². The smallest absolute Gasteiger partial charge is 0 e. The van der Waals surface area contributed by atoms with Crippen LogP contribution in [-0.2, 0) is 32.6 Å². The van der Waals surface area contributed by atoms with Crippen LogP contribution in [0.4, 0.5) is 0 Å². The Morgan fingerprint density at radius 3 is 2.64 bits per heavy atom. The first kappa shape index (κ1) is 11.2. The molecule has 11 heavy (non-hydrogen) atoms. The average molecular weight is 226 g/mol. The van der Waals surface area contributed by atoms with Crippen LogP contribution in [0, 0.1) is 6.92 Å². The third-order valence-corrected chi connectivity index (χ3v) is 1.79. The van der Waals surface area contributed by atoms with Gasteiger partial charge in [-0.15, -0.1) is 0 Å². The van der Waals surface area contributed by atoms with Crippen molar-refractivity contribution in [3.63, 3.8) is 0 Å². The van der Waals surface area contributed by atoms with E-state index in [1.807, 2.05) is 0 Å². The minimum absolute atomic E-state index is 0. The molecule has 60 valence electrons. The Morgan fingerprint density at radius 1 is 1.45 bits per heavy atom. The monoisotopic (exact) mass is 225 g/mol. The van der Waals surface area contributed by atoms with Crippen molar-refractivity contribution in [3.8, 4) is 0 Å². The Balaban J connectivity index is 0.000001000. The molecule has 0 aromatic heterocycles. The van der Waals surface area contributed by atoms with E-state index in [1.165, 1.54) is 30.4 Å². The van der Waals surface area contributed by atoms with Crippen molar-refractivity contribution < 1.29 is 26.2 Å². The molecular weight excluding hydrogens is 211 g/mol. The van der Waals surface area contributed by atoms with Crippen LogP contribution in [0.25, 0.3) is 0 Å².